The van der Waals surface area contributed by atoms with Gasteiger partial charge in [0.15, 0.2) is 0 Å². The maximum absolute atomic E-state index is 11.1. The van der Waals surface area contributed by atoms with Crippen molar-refractivity contribution in [1.82, 2.24) is 10.2 Å². The van der Waals surface area contributed by atoms with Gasteiger partial charge < -0.3 is 10.2 Å². The molecule has 2 fully saturated rings. The Morgan fingerprint density at radius 1 is 1.38 bits per heavy atom. The van der Waals surface area contributed by atoms with E-state index in [9.17, 15) is 8.42 Å². The quantitative estimate of drug-likeness (QED) is 0.764. The van der Waals surface area contributed by atoms with Gasteiger partial charge in [-0.25, -0.2) is 8.42 Å². The van der Waals surface area contributed by atoms with Crippen LogP contribution in [0, 0.1) is 5.92 Å². The topological polar surface area (TPSA) is 49.4 Å². The van der Waals surface area contributed by atoms with Crippen LogP contribution in [0.3, 0.4) is 0 Å². The Labute approximate surface area is 98.3 Å². The molecule has 0 bridgehead atoms. The zero-order valence-corrected chi connectivity index (χ0v) is 10.8. The highest BCUT2D eigenvalue weighted by Crippen LogP contribution is 2.33. The summed E-state index contributed by atoms with van der Waals surface area (Å²) >= 11 is 0. The Hall–Kier alpha value is -0.130. The number of rotatable bonds is 4. The maximum Gasteiger partial charge on any atom is 0.148 e. The first-order valence-corrected chi connectivity index (χ1v) is 8.24. The lowest BCUT2D eigenvalue weighted by Crippen LogP contribution is -2.40. The van der Waals surface area contributed by atoms with E-state index < -0.39 is 9.84 Å². The molecule has 0 aromatic rings. The van der Waals surface area contributed by atoms with E-state index in [1.807, 2.05) is 0 Å². The van der Waals surface area contributed by atoms with Gasteiger partial charge in [0.05, 0.1) is 5.75 Å². The molecule has 1 aliphatic carbocycles. The lowest BCUT2D eigenvalue weighted by atomic mass is 10.2. The van der Waals surface area contributed by atoms with Crippen LogP contribution >= 0.6 is 0 Å². The van der Waals surface area contributed by atoms with Crippen molar-refractivity contribution in [2.24, 2.45) is 5.92 Å². The van der Waals surface area contributed by atoms with Crippen molar-refractivity contribution < 1.29 is 8.42 Å². The number of nitrogens with one attached hydrogen (secondary N) is 1. The molecule has 0 spiro atoms. The number of hydrogen-bond donors (Lipinski definition) is 1. The molecule has 16 heavy (non-hydrogen) atoms. The Balaban J connectivity index is 1.82. The van der Waals surface area contributed by atoms with E-state index in [1.165, 1.54) is 19.1 Å². The first kappa shape index (κ1) is 12.3. The summed E-state index contributed by atoms with van der Waals surface area (Å²) in [6, 6.07) is 0.599. The molecule has 4 nitrogen and oxygen atoms in total. The molecule has 1 heterocycles. The number of sulfone groups is 1. The molecule has 1 atom stereocenters. The van der Waals surface area contributed by atoms with Crippen molar-refractivity contribution in [1.29, 1.82) is 0 Å². The van der Waals surface area contributed by atoms with Crippen LogP contribution in [0.2, 0.25) is 0 Å². The average Bonchev–Trinajstić information content (AvgIpc) is 3.00. The second-order valence-electron chi connectivity index (χ2n) is 5.18. The standard InChI is InChI=1S/C11H22N2O2S/c1-16(14,15)8-7-13-6-2-5-12-11(9-13)10-3-4-10/h10-12H,2-9H2,1H3. The van der Waals surface area contributed by atoms with Crippen LogP contribution in [0.15, 0.2) is 0 Å². The minimum absolute atomic E-state index is 0.296. The van der Waals surface area contributed by atoms with E-state index >= 15 is 0 Å². The SMILES string of the molecule is CS(=O)(=O)CCN1CCCNC(C2CC2)C1. The second kappa shape index (κ2) is 5.02. The summed E-state index contributed by atoms with van der Waals surface area (Å²) in [5, 5.41) is 3.58. The molecule has 1 aliphatic heterocycles. The first-order valence-electron chi connectivity index (χ1n) is 6.18. The molecule has 2 rings (SSSR count). The van der Waals surface area contributed by atoms with Crippen LogP contribution in [-0.2, 0) is 9.84 Å². The molecule has 5 heteroatoms. The predicted molar refractivity (Wildman–Crippen MR) is 65.3 cm³/mol. The Bertz CT molecular complexity index is 325. The minimum atomic E-state index is -2.82. The highest BCUT2D eigenvalue weighted by Gasteiger charge is 2.32. The lowest BCUT2D eigenvalue weighted by Gasteiger charge is -2.23. The van der Waals surface area contributed by atoms with E-state index in [4.69, 9.17) is 0 Å². The normalized spacial score (nSPS) is 28.9. The van der Waals surface area contributed by atoms with Crippen molar-refractivity contribution in [3.8, 4) is 0 Å². The first-order chi connectivity index (χ1) is 7.54. The van der Waals surface area contributed by atoms with Crippen molar-refractivity contribution in [2.75, 3.05) is 38.2 Å². The lowest BCUT2D eigenvalue weighted by molar-refractivity contribution is 0.272. The summed E-state index contributed by atoms with van der Waals surface area (Å²) in [5.41, 5.74) is 0. The third-order valence-electron chi connectivity index (χ3n) is 3.48. The van der Waals surface area contributed by atoms with Crippen LogP contribution in [0.1, 0.15) is 19.3 Å². The molecule has 0 amide bonds. The van der Waals surface area contributed by atoms with Gasteiger partial charge in [0.1, 0.15) is 9.84 Å². The largest absolute Gasteiger partial charge is 0.312 e. The van der Waals surface area contributed by atoms with Gasteiger partial charge in [-0.05, 0) is 38.3 Å². The van der Waals surface area contributed by atoms with Gasteiger partial charge in [-0.3, -0.25) is 0 Å². The smallest absolute Gasteiger partial charge is 0.148 e. The molecule has 1 saturated heterocycles. The molecule has 0 aromatic carbocycles. The van der Waals surface area contributed by atoms with Crippen molar-refractivity contribution in [2.45, 2.75) is 25.3 Å². The van der Waals surface area contributed by atoms with E-state index in [2.05, 4.69) is 10.2 Å². The summed E-state index contributed by atoms with van der Waals surface area (Å²) < 4.78 is 22.3. The van der Waals surface area contributed by atoms with E-state index in [-0.39, 0.29) is 0 Å². The van der Waals surface area contributed by atoms with Crippen LogP contribution in [-0.4, -0.2) is 57.5 Å². The van der Waals surface area contributed by atoms with Gasteiger partial charge in [-0.2, -0.15) is 0 Å². The van der Waals surface area contributed by atoms with Gasteiger partial charge in [0.2, 0.25) is 0 Å². The highest BCUT2D eigenvalue weighted by atomic mass is 32.2. The predicted octanol–water partition coefficient (Wildman–Crippen LogP) is 0.105. The van der Waals surface area contributed by atoms with E-state index in [1.54, 1.807) is 0 Å². The summed E-state index contributed by atoms with van der Waals surface area (Å²) in [5.74, 6) is 1.14. The average molecular weight is 246 g/mol. The summed E-state index contributed by atoms with van der Waals surface area (Å²) in [7, 11) is -2.82. The van der Waals surface area contributed by atoms with Gasteiger partial charge in [0.25, 0.3) is 0 Å². The van der Waals surface area contributed by atoms with Crippen LogP contribution in [0.5, 0.6) is 0 Å². The van der Waals surface area contributed by atoms with Crippen molar-refractivity contribution in [3.05, 3.63) is 0 Å². The van der Waals surface area contributed by atoms with Gasteiger partial charge in [0, 0.05) is 25.4 Å². The molecule has 1 saturated carbocycles. The third-order valence-corrected chi connectivity index (χ3v) is 4.41. The second-order valence-corrected chi connectivity index (χ2v) is 7.44. The Kier molecular flexibility index (Phi) is 3.87. The number of nitrogens with zero attached hydrogens (tertiary/aromatic N) is 1. The fraction of sp³-hybridized carbons (Fsp3) is 1.00. The molecule has 0 aromatic heterocycles. The zero-order chi connectivity index (χ0) is 11.6. The molecule has 94 valence electrons. The zero-order valence-electron chi connectivity index (χ0n) is 9.98. The Morgan fingerprint density at radius 2 is 2.12 bits per heavy atom. The Morgan fingerprint density at radius 3 is 2.75 bits per heavy atom. The monoisotopic (exact) mass is 246 g/mol. The van der Waals surface area contributed by atoms with E-state index in [0.717, 1.165) is 32.0 Å². The third kappa shape index (κ3) is 4.03. The highest BCUT2D eigenvalue weighted by molar-refractivity contribution is 7.90. The van der Waals surface area contributed by atoms with Gasteiger partial charge in [-0.1, -0.05) is 0 Å². The minimum Gasteiger partial charge on any atom is -0.312 e. The number of hydrogen-bond acceptors (Lipinski definition) is 4. The molecular weight excluding hydrogens is 224 g/mol. The van der Waals surface area contributed by atoms with Crippen LogP contribution < -0.4 is 5.32 Å². The molecule has 1 N–H and O–H groups in total. The van der Waals surface area contributed by atoms with Crippen molar-refractivity contribution in [3.63, 3.8) is 0 Å². The van der Waals surface area contributed by atoms with Crippen molar-refractivity contribution >= 4 is 9.84 Å². The summed E-state index contributed by atoms with van der Waals surface area (Å²) in [4.78, 5) is 2.31. The maximum atomic E-state index is 11.1. The van der Waals surface area contributed by atoms with E-state index in [0.29, 0.717) is 18.3 Å². The molecule has 1 unspecified atom stereocenters. The molecule has 0 radical (unpaired) electrons. The van der Waals surface area contributed by atoms with Gasteiger partial charge >= 0.3 is 0 Å². The fourth-order valence-electron chi connectivity index (χ4n) is 2.34. The van der Waals surface area contributed by atoms with Crippen LogP contribution in [0.4, 0.5) is 0 Å². The summed E-state index contributed by atoms with van der Waals surface area (Å²) in [6.45, 7) is 3.84. The molecular formula is C11H22N2O2S. The van der Waals surface area contributed by atoms with Crippen LogP contribution in [0.25, 0.3) is 0 Å². The molecule has 2 aliphatic rings. The van der Waals surface area contributed by atoms with Gasteiger partial charge in [-0.15, -0.1) is 0 Å². The fourth-order valence-corrected chi connectivity index (χ4v) is 2.93. The summed E-state index contributed by atoms with van der Waals surface area (Å²) in [6.07, 6.45) is 5.14.